The predicted molar refractivity (Wildman–Crippen MR) is 155 cm³/mol. The van der Waals surface area contributed by atoms with Gasteiger partial charge in [0.15, 0.2) is 5.96 Å². The van der Waals surface area contributed by atoms with Crippen LogP contribution in [0.5, 0.6) is 0 Å². The molecular weight excluding hydrogens is 644 g/mol. The van der Waals surface area contributed by atoms with E-state index >= 15 is 0 Å². The molecule has 1 aromatic carbocycles. The Morgan fingerprint density at radius 1 is 1.24 bits per heavy atom. The van der Waals surface area contributed by atoms with Crippen LogP contribution in [0.25, 0.3) is 0 Å². The number of alkyl halides is 3. The Balaban J connectivity index is 1.37. The molecule has 0 radical (unpaired) electrons. The maximum atomic E-state index is 13.9. The van der Waals surface area contributed by atoms with Crippen LogP contribution in [0.15, 0.2) is 28.6 Å². The number of carbonyl (C=O) groups is 3. The molecule has 0 saturated carbocycles. The molecule has 4 rings (SSSR count). The first kappa shape index (κ1) is 34.2. The standard InChI is InChI=1S/C27H32F4N6O6S2/c1-15-16(11-32-26(33-15)35-25(40)27(29,30)31)10-19-13-44-22(34-19)12-37-8-4-3-5-21(23(37)38)36-45(41,42)14-17-9-18(28)6-7-20(17)24(39)43-2/h6-7,9,13,15-16,21,36H,3-5,8,10-12,14H2,1-2H3,(H2,32,33,35,40)/t15-,16-,21+/m1/s1. The van der Waals surface area contributed by atoms with Crippen LogP contribution in [0.1, 0.15) is 52.8 Å². The molecule has 2 aliphatic heterocycles. The van der Waals surface area contributed by atoms with Gasteiger partial charge in [-0.2, -0.15) is 13.2 Å². The number of esters is 1. The summed E-state index contributed by atoms with van der Waals surface area (Å²) in [7, 11) is -3.05. The van der Waals surface area contributed by atoms with Crippen molar-refractivity contribution < 1.29 is 45.1 Å². The molecule has 12 nitrogen and oxygen atoms in total. The van der Waals surface area contributed by atoms with Crippen LogP contribution in [-0.2, 0) is 43.1 Å². The topological polar surface area (TPSA) is 159 Å². The quantitative estimate of drug-likeness (QED) is 0.270. The number of hydrogen-bond donors (Lipinski definition) is 3. The van der Waals surface area contributed by atoms with Crippen molar-refractivity contribution in [2.75, 3.05) is 20.2 Å². The van der Waals surface area contributed by atoms with Crippen LogP contribution in [0, 0.1) is 11.7 Å². The molecule has 0 unspecified atom stereocenters. The average Bonchev–Trinajstić information content (AvgIpc) is 3.33. The number of hydrogen-bond acceptors (Lipinski definition) is 10. The average molecular weight is 677 g/mol. The molecule has 2 aromatic rings. The Labute approximate surface area is 260 Å². The lowest BCUT2D eigenvalue weighted by Crippen LogP contribution is -2.54. The van der Waals surface area contributed by atoms with Crippen LogP contribution in [0.2, 0.25) is 0 Å². The fourth-order valence-electron chi connectivity index (χ4n) is 5.01. The van der Waals surface area contributed by atoms with Gasteiger partial charge in [0.1, 0.15) is 16.9 Å². The van der Waals surface area contributed by atoms with Crippen molar-refractivity contribution in [3.05, 3.63) is 51.2 Å². The van der Waals surface area contributed by atoms with Gasteiger partial charge in [0.05, 0.1) is 30.7 Å². The van der Waals surface area contributed by atoms with E-state index < -0.39 is 51.6 Å². The van der Waals surface area contributed by atoms with E-state index in [-0.39, 0.29) is 48.6 Å². The molecule has 3 atom stereocenters. The zero-order valence-corrected chi connectivity index (χ0v) is 26.0. The Morgan fingerprint density at radius 2 is 2.00 bits per heavy atom. The summed E-state index contributed by atoms with van der Waals surface area (Å²) in [6.45, 7) is 2.45. The highest BCUT2D eigenvalue weighted by atomic mass is 32.2. The zero-order valence-electron chi connectivity index (χ0n) is 24.3. The van der Waals surface area contributed by atoms with Gasteiger partial charge in [0, 0.05) is 30.4 Å². The van der Waals surface area contributed by atoms with Gasteiger partial charge in [-0.15, -0.1) is 11.3 Å². The fourth-order valence-corrected chi connectivity index (χ4v) is 7.22. The van der Waals surface area contributed by atoms with Gasteiger partial charge in [-0.3, -0.25) is 19.9 Å². The Kier molecular flexibility index (Phi) is 10.8. The molecular formula is C27H32F4N6O6S2. The van der Waals surface area contributed by atoms with E-state index in [1.54, 1.807) is 12.2 Å². The molecule has 45 heavy (non-hydrogen) atoms. The molecule has 3 N–H and O–H groups in total. The first-order valence-corrected chi connectivity index (χ1v) is 16.5. The third-order valence-electron chi connectivity index (χ3n) is 7.36. The molecule has 1 fully saturated rings. The molecule has 2 amide bonds. The van der Waals surface area contributed by atoms with Crippen molar-refractivity contribution in [1.29, 1.82) is 0 Å². The maximum absolute atomic E-state index is 13.9. The number of halogens is 4. The summed E-state index contributed by atoms with van der Waals surface area (Å²) >= 11 is 1.32. The number of ether oxygens (including phenoxy) is 1. The summed E-state index contributed by atoms with van der Waals surface area (Å²) in [4.78, 5) is 46.8. The minimum Gasteiger partial charge on any atom is -0.465 e. The van der Waals surface area contributed by atoms with Gasteiger partial charge in [0.2, 0.25) is 15.9 Å². The summed E-state index contributed by atoms with van der Waals surface area (Å²) in [6.07, 6.45) is -3.12. The number of sulfonamides is 1. The molecule has 0 aliphatic carbocycles. The van der Waals surface area contributed by atoms with Gasteiger partial charge < -0.3 is 15.0 Å². The number of carbonyl (C=O) groups excluding carboxylic acids is 3. The molecule has 0 bridgehead atoms. The van der Waals surface area contributed by atoms with Gasteiger partial charge >= 0.3 is 18.1 Å². The lowest BCUT2D eigenvalue weighted by atomic mass is 9.95. The highest BCUT2D eigenvalue weighted by Crippen LogP contribution is 2.23. The van der Waals surface area contributed by atoms with Crippen molar-refractivity contribution in [3.8, 4) is 0 Å². The number of rotatable bonds is 9. The minimum absolute atomic E-state index is 0.0990. The van der Waals surface area contributed by atoms with E-state index in [1.165, 1.54) is 16.2 Å². The predicted octanol–water partition coefficient (Wildman–Crippen LogP) is 2.25. The van der Waals surface area contributed by atoms with Crippen molar-refractivity contribution in [2.24, 2.45) is 10.9 Å². The van der Waals surface area contributed by atoms with Crippen LogP contribution in [0.3, 0.4) is 0 Å². The first-order valence-electron chi connectivity index (χ1n) is 13.9. The highest BCUT2D eigenvalue weighted by Gasteiger charge is 2.40. The third-order valence-corrected chi connectivity index (χ3v) is 9.58. The molecule has 18 heteroatoms. The Bertz CT molecular complexity index is 1560. The lowest BCUT2D eigenvalue weighted by Gasteiger charge is -2.29. The smallest absolute Gasteiger partial charge is 0.465 e. The summed E-state index contributed by atoms with van der Waals surface area (Å²) < 4.78 is 84.7. The molecule has 246 valence electrons. The number of methoxy groups -OCH3 is 1. The summed E-state index contributed by atoms with van der Waals surface area (Å²) in [5, 5.41) is 6.92. The van der Waals surface area contributed by atoms with Crippen molar-refractivity contribution >= 4 is 45.1 Å². The third kappa shape index (κ3) is 9.20. The van der Waals surface area contributed by atoms with E-state index in [4.69, 9.17) is 0 Å². The SMILES string of the molecule is COC(=O)c1ccc(F)cc1CS(=O)(=O)N[C@H]1CCCCN(Cc2nc(C[C@@H]3CN=C(NC(=O)C(F)(F)F)N[C@@H]3C)cs2)C1=O. The summed E-state index contributed by atoms with van der Waals surface area (Å²) in [5.41, 5.74) is 0.497. The largest absolute Gasteiger partial charge is 0.471 e. The molecule has 3 heterocycles. The monoisotopic (exact) mass is 676 g/mol. The van der Waals surface area contributed by atoms with Crippen LogP contribution < -0.4 is 15.4 Å². The number of aromatic nitrogens is 1. The number of thiazole rings is 1. The van der Waals surface area contributed by atoms with Gasteiger partial charge in [0.25, 0.3) is 0 Å². The lowest BCUT2D eigenvalue weighted by molar-refractivity contribution is -0.172. The zero-order chi connectivity index (χ0) is 32.9. The van der Waals surface area contributed by atoms with Crippen LogP contribution in [-0.4, -0.2) is 80.5 Å². The van der Waals surface area contributed by atoms with Gasteiger partial charge in [-0.1, -0.05) is 0 Å². The minimum atomic E-state index is -5.03. The van der Waals surface area contributed by atoms with Crippen LogP contribution >= 0.6 is 11.3 Å². The van der Waals surface area contributed by atoms with E-state index in [0.717, 1.165) is 25.3 Å². The number of benzene rings is 1. The number of nitrogens with zero attached hydrogens (tertiary/aromatic N) is 3. The second kappa shape index (κ2) is 14.2. The number of amides is 2. The first-order chi connectivity index (χ1) is 21.1. The number of guanidine groups is 1. The van der Waals surface area contributed by atoms with Crippen LogP contribution in [0.4, 0.5) is 17.6 Å². The maximum Gasteiger partial charge on any atom is 0.471 e. The van der Waals surface area contributed by atoms with E-state index in [9.17, 15) is 40.4 Å². The summed E-state index contributed by atoms with van der Waals surface area (Å²) in [5.74, 6) is -5.19. The molecule has 1 saturated heterocycles. The highest BCUT2D eigenvalue weighted by molar-refractivity contribution is 7.88. The van der Waals surface area contributed by atoms with Crippen molar-refractivity contribution in [3.63, 3.8) is 0 Å². The van der Waals surface area contributed by atoms with Gasteiger partial charge in [-0.25, -0.2) is 27.3 Å². The van der Waals surface area contributed by atoms with E-state index in [1.807, 2.05) is 5.38 Å². The number of nitrogens with one attached hydrogen (secondary N) is 3. The number of likely N-dealkylation sites (tertiary alicyclic amines) is 1. The Hall–Kier alpha value is -3.64. The van der Waals surface area contributed by atoms with Crippen molar-refractivity contribution in [2.45, 2.75) is 63.2 Å². The second-order valence-electron chi connectivity index (χ2n) is 10.7. The van der Waals surface area contributed by atoms with Crippen molar-refractivity contribution in [1.82, 2.24) is 25.2 Å². The molecule has 1 aromatic heterocycles. The molecule has 2 aliphatic rings. The fraction of sp³-hybridized carbons (Fsp3) is 0.519. The van der Waals surface area contributed by atoms with E-state index in [2.05, 4.69) is 24.8 Å². The van der Waals surface area contributed by atoms with E-state index in [0.29, 0.717) is 36.5 Å². The summed E-state index contributed by atoms with van der Waals surface area (Å²) in [6, 6.07) is 1.72. The second-order valence-corrected chi connectivity index (χ2v) is 13.4. The molecule has 0 spiro atoms. The Morgan fingerprint density at radius 3 is 2.69 bits per heavy atom. The number of aliphatic imine (C=N–C) groups is 1. The normalized spacial score (nSPS) is 21.0. The van der Waals surface area contributed by atoms with Gasteiger partial charge in [-0.05, 0) is 56.4 Å².